The second-order valence-electron chi connectivity index (χ2n) is 2.96. The van der Waals surface area contributed by atoms with Crippen LogP contribution in [-0.2, 0) is 6.54 Å². The van der Waals surface area contributed by atoms with Crippen molar-refractivity contribution in [1.29, 1.82) is 0 Å². The normalized spacial score (nSPS) is 11.0. The van der Waals surface area contributed by atoms with Gasteiger partial charge in [-0.05, 0) is 20.8 Å². The van der Waals surface area contributed by atoms with E-state index in [-0.39, 0.29) is 0 Å². The molecule has 0 spiro atoms. The first kappa shape index (κ1) is 8.27. The van der Waals surface area contributed by atoms with Crippen molar-refractivity contribution in [3.8, 4) is 0 Å². The number of hydrogen-bond donors (Lipinski definition) is 1. The quantitative estimate of drug-likeness (QED) is 0.694. The highest BCUT2D eigenvalue weighted by atomic mass is 15.1. The summed E-state index contributed by atoms with van der Waals surface area (Å²) >= 11 is 0. The van der Waals surface area contributed by atoms with Crippen LogP contribution in [0.5, 0.6) is 0 Å². The molecule has 2 N–H and O–H groups in total. The van der Waals surface area contributed by atoms with E-state index in [1.165, 1.54) is 0 Å². The standard InChI is InChI=1S/C8H15N3/c1-6(2)11-7(3)10-5-8(11)4-9/h5-6H,4,9H2,1-3H3. The monoisotopic (exact) mass is 153 g/mol. The summed E-state index contributed by atoms with van der Waals surface area (Å²) in [7, 11) is 0. The Kier molecular flexibility index (Phi) is 2.29. The number of rotatable bonds is 2. The first-order chi connectivity index (χ1) is 5.16. The molecule has 0 saturated heterocycles. The predicted molar refractivity (Wildman–Crippen MR) is 45.2 cm³/mol. The van der Waals surface area contributed by atoms with Gasteiger partial charge in [0.25, 0.3) is 0 Å². The molecule has 1 aromatic heterocycles. The van der Waals surface area contributed by atoms with Crippen LogP contribution < -0.4 is 5.73 Å². The van der Waals surface area contributed by atoms with Crippen molar-refractivity contribution in [2.45, 2.75) is 33.4 Å². The zero-order valence-corrected chi connectivity index (χ0v) is 7.33. The number of hydrogen-bond acceptors (Lipinski definition) is 2. The maximum atomic E-state index is 5.54. The topological polar surface area (TPSA) is 43.8 Å². The molecule has 0 amide bonds. The van der Waals surface area contributed by atoms with Gasteiger partial charge in [-0.3, -0.25) is 0 Å². The van der Waals surface area contributed by atoms with Crippen LogP contribution in [-0.4, -0.2) is 9.55 Å². The molecule has 1 aromatic rings. The minimum atomic E-state index is 0.455. The Labute approximate surface area is 67.2 Å². The van der Waals surface area contributed by atoms with Crippen molar-refractivity contribution in [3.05, 3.63) is 17.7 Å². The second kappa shape index (κ2) is 3.05. The van der Waals surface area contributed by atoms with Gasteiger partial charge in [0, 0.05) is 18.8 Å². The molecule has 62 valence electrons. The smallest absolute Gasteiger partial charge is 0.105 e. The molecule has 3 heteroatoms. The Balaban J connectivity index is 3.07. The molecule has 0 fully saturated rings. The number of aromatic nitrogens is 2. The molecule has 1 heterocycles. The van der Waals surface area contributed by atoms with Crippen LogP contribution in [0.1, 0.15) is 31.4 Å². The maximum Gasteiger partial charge on any atom is 0.105 e. The highest BCUT2D eigenvalue weighted by Crippen LogP contribution is 2.11. The van der Waals surface area contributed by atoms with Gasteiger partial charge in [0.05, 0.1) is 5.69 Å². The summed E-state index contributed by atoms with van der Waals surface area (Å²) in [4.78, 5) is 4.19. The second-order valence-corrected chi connectivity index (χ2v) is 2.96. The van der Waals surface area contributed by atoms with Gasteiger partial charge in [0.2, 0.25) is 0 Å². The first-order valence-corrected chi connectivity index (χ1v) is 3.89. The van der Waals surface area contributed by atoms with Crippen molar-refractivity contribution in [3.63, 3.8) is 0 Å². The minimum absolute atomic E-state index is 0.455. The molecule has 0 atom stereocenters. The van der Waals surface area contributed by atoms with Crippen molar-refractivity contribution in [2.24, 2.45) is 5.73 Å². The number of imidazole rings is 1. The number of nitrogens with zero attached hydrogens (tertiary/aromatic N) is 2. The van der Waals surface area contributed by atoms with Gasteiger partial charge in [-0.15, -0.1) is 0 Å². The van der Waals surface area contributed by atoms with E-state index in [9.17, 15) is 0 Å². The summed E-state index contributed by atoms with van der Waals surface area (Å²) in [5.41, 5.74) is 6.65. The lowest BCUT2D eigenvalue weighted by Gasteiger charge is -2.12. The fourth-order valence-electron chi connectivity index (χ4n) is 1.36. The van der Waals surface area contributed by atoms with Crippen LogP contribution in [0.2, 0.25) is 0 Å². The van der Waals surface area contributed by atoms with E-state index in [0.717, 1.165) is 11.5 Å². The minimum Gasteiger partial charge on any atom is -0.329 e. The van der Waals surface area contributed by atoms with E-state index in [2.05, 4.69) is 23.4 Å². The Morgan fingerprint density at radius 1 is 1.64 bits per heavy atom. The Hall–Kier alpha value is -0.830. The summed E-state index contributed by atoms with van der Waals surface area (Å²) in [6, 6.07) is 0.455. The third-order valence-electron chi connectivity index (χ3n) is 1.78. The third-order valence-corrected chi connectivity index (χ3v) is 1.78. The van der Waals surface area contributed by atoms with Crippen LogP contribution in [0.15, 0.2) is 6.20 Å². The Morgan fingerprint density at radius 2 is 2.27 bits per heavy atom. The first-order valence-electron chi connectivity index (χ1n) is 3.89. The van der Waals surface area contributed by atoms with Gasteiger partial charge in [-0.2, -0.15) is 0 Å². The molecule has 0 aromatic carbocycles. The molecule has 0 radical (unpaired) electrons. The molecule has 1 rings (SSSR count). The SMILES string of the molecule is Cc1ncc(CN)n1C(C)C. The van der Waals surface area contributed by atoms with E-state index < -0.39 is 0 Å². The van der Waals surface area contributed by atoms with E-state index in [0.29, 0.717) is 12.6 Å². The molecule has 0 saturated carbocycles. The molecule has 0 aliphatic rings. The van der Waals surface area contributed by atoms with Crippen LogP contribution in [0, 0.1) is 6.92 Å². The number of aryl methyl sites for hydroxylation is 1. The number of nitrogens with two attached hydrogens (primary N) is 1. The van der Waals surface area contributed by atoms with Crippen LogP contribution in [0.25, 0.3) is 0 Å². The van der Waals surface area contributed by atoms with Crippen molar-refractivity contribution < 1.29 is 0 Å². The largest absolute Gasteiger partial charge is 0.329 e. The van der Waals surface area contributed by atoms with E-state index in [1.54, 1.807) is 0 Å². The molecule has 3 nitrogen and oxygen atoms in total. The molecule has 0 unspecified atom stereocenters. The molecule has 0 bridgehead atoms. The fourth-order valence-corrected chi connectivity index (χ4v) is 1.36. The zero-order chi connectivity index (χ0) is 8.43. The lowest BCUT2D eigenvalue weighted by molar-refractivity contribution is 0.559. The van der Waals surface area contributed by atoms with Crippen molar-refractivity contribution in [2.75, 3.05) is 0 Å². The van der Waals surface area contributed by atoms with E-state index >= 15 is 0 Å². The molecule has 0 aliphatic heterocycles. The summed E-state index contributed by atoms with van der Waals surface area (Å²) in [6.07, 6.45) is 1.84. The van der Waals surface area contributed by atoms with Gasteiger partial charge in [-0.25, -0.2) is 4.98 Å². The van der Waals surface area contributed by atoms with Gasteiger partial charge in [0.1, 0.15) is 5.82 Å². The van der Waals surface area contributed by atoms with Gasteiger partial charge in [-0.1, -0.05) is 0 Å². The summed E-state index contributed by atoms with van der Waals surface area (Å²) in [6.45, 7) is 6.83. The van der Waals surface area contributed by atoms with E-state index in [4.69, 9.17) is 5.73 Å². The maximum absolute atomic E-state index is 5.54. The van der Waals surface area contributed by atoms with Gasteiger partial charge < -0.3 is 10.3 Å². The summed E-state index contributed by atoms with van der Waals surface area (Å²) < 4.78 is 2.15. The summed E-state index contributed by atoms with van der Waals surface area (Å²) in [5.74, 6) is 1.04. The highest BCUT2D eigenvalue weighted by Gasteiger charge is 2.06. The third kappa shape index (κ3) is 1.43. The highest BCUT2D eigenvalue weighted by molar-refractivity contribution is 5.05. The molecular weight excluding hydrogens is 138 g/mol. The summed E-state index contributed by atoms with van der Waals surface area (Å²) in [5, 5.41) is 0. The average Bonchev–Trinajstić information content (AvgIpc) is 2.30. The van der Waals surface area contributed by atoms with Gasteiger partial charge in [0.15, 0.2) is 0 Å². The fraction of sp³-hybridized carbons (Fsp3) is 0.625. The van der Waals surface area contributed by atoms with Crippen LogP contribution >= 0.6 is 0 Å². The predicted octanol–water partition coefficient (Wildman–Crippen LogP) is 1.23. The lowest BCUT2D eigenvalue weighted by Crippen LogP contribution is -2.10. The van der Waals surface area contributed by atoms with Crippen molar-refractivity contribution in [1.82, 2.24) is 9.55 Å². The molecule has 11 heavy (non-hydrogen) atoms. The molecule has 0 aliphatic carbocycles. The van der Waals surface area contributed by atoms with Crippen molar-refractivity contribution >= 4 is 0 Å². The lowest BCUT2D eigenvalue weighted by atomic mass is 10.3. The Morgan fingerprint density at radius 3 is 2.64 bits per heavy atom. The zero-order valence-electron chi connectivity index (χ0n) is 7.33. The van der Waals surface area contributed by atoms with E-state index in [1.807, 2.05) is 13.1 Å². The molecular formula is C8H15N3. The van der Waals surface area contributed by atoms with Gasteiger partial charge >= 0.3 is 0 Å². The average molecular weight is 153 g/mol. The Bertz CT molecular complexity index is 237. The van der Waals surface area contributed by atoms with Crippen LogP contribution in [0.3, 0.4) is 0 Å². The van der Waals surface area contributed by atoms with Crippen LogP contribution in [0.4, 0.5) is 0 Å².